The van der Waals surface area contributed by atoms with Gasteiger partial charge >= 0.3 is 6.09 Å². The first-order chi connectivity index (χ1) is 40.0. The third kappa shape index (κ3) is 15.6. The van der Waals surface area contributed by atoms with Crippen molar-refractivity contribution in [2.75, 3.05) is 92.0 Å². The first-order valence-electron chi connectivity index (χ1n) is 29.1. The molecule has 2 fully saturated rings. The summed E-state index contributed by atoms with van der Waals surface area (Å²) in [5.74, 6) is 2.31. The predicted molar refractivity (Wildman–Crippen MR) is 317 cm³/mol. The van der Waals surface area contributed by atoms with Crippen LogP contribution in [-0.2, 0) is 30.9 Å². The topological polar surface area (TPSA) is 228 Å². The largest absolute Gasteiger partial charge is 0.486 e. The molecule has 4 aromatic carbocycles. The molecule has 5 N–H and O–H groups in total. The van der Waals surface area contributed by atoms with Crippen molar-refractivity contribution >= 4 is 39.7 Å². The van der Waals surface area contributed by atoms with Gasteiger partial charge in [0.1, 0.15) is 32.0 Å². The third-order valence-corrected chi connectivity index (χ3v) is 15.5. The van der Waals surface area contributed by atoms with E-state index in [1.165, 1.54) is 17.7 Å². The molecule has 4 aliphatic heterocycles. The lowest BCUT2D eigenvalue weighted by Crippen LogP contribution is -2.49. The number of aromatic nitrogens is 2. The van der Waals surface area contributed by atoms with E-state index in [9.17, 15) is 24.0 Å². The summed E-state index contributed by atoms with van der Waals surface area (Å²) in [6.07, 6.45) is 3.28. The highest BCUT2D eigenvalue weighted by atomic mass is 16.6. The zero-order chi connectivity index (χ0) is 58.6. The molecule has 444 valence electrons. The standard InChI is InChI=1S/C34H44N4O7.C29H36N4O5/c1-23-5-7-26-27(32(41)35-11-16-39)21-31(40)37(28(26)19-23)15-14-36-12-9-25(10-13-36)38(33(42)45-34(2,3)4)22-24-6-8-29-30(20-24)44-18-17-43-29;1-20-2-4-23-24(29(36)30-8-13-34)18-28(35)33(25(23)16-20)12-11-32-9-6-22(7-10-32)31-19-21-3-5-26-27(17-21)38-15-14-37-26/h5-8,19-21,25,39H,9-18,22H2,1-4H3,(H,35,41);2-5,16-18,22,31,34H,6-15,19H2,1H3,(H,30,36). The van der Waals surface area contributed by atoms with Gasteiger partial charge in [0.05, 0.1) is 35.4 Å². The van der Waals surface area contributed by atoms with Crippen molar-refractivity contribution in [2.45, 2.75) is 104 Å². The second kappa shape index (κ2) is 27.7. The fraction of sp³-hybridized carbons (Fsp3) is 0.476. The number of rotatable bonds is 18. The molecule has 4 aliphatic rings. The van der Waals surface area contributed by atoms with Crippen LogP contribution in [-0.4, -0.2) is 162 Å². The second-order valence-corrected chi connectivity index (χ2v) is 22.7. The van der Waals surface area contributed by atoms with Crippen LogP contribution in [0.15, 0.2) is 94.5 Å². The van der Waals surface area contributed by atoms with E-state index in [0.29, 0.717) is 92.2 Å². The van der Waals surface area contributed by atoms with E-state index < -0.39 is 5.60 Å². The highest BCUT2D eigenvalue weighted by Gasteiger charge is 2.32. The number of ether oxygens (including phenoxy) is 5. The maximum absolute atomic E-state index is 13.4. The number of fused-ring (bicyclic) bond motifs is 4. The lowest BCUT2D eigenvalue weighted by molar-refractivity contribution is 0.00560. The SMILES string of the molecule is Cc1ccc2c(C(=O)NCCO)cc(=O)n(CCN3CCC(N(Cc4ccc5c(c4)OCCO5)C(=O)OC(C)(C)C)CC3)c2c1.Cc1ccc2c(C(=O)NCCO)cc(=O)n(CCN3CCC(NCc4ccc5c(c4)OCCO5)CC3)c2c1. The molecule has 20 heteroatoms. The van der Waals surface area contributed by atoms with Crippen LogP contribution in [0.25, 0.3) is 21.8 Å². The third-order valence-electron chi connectivity index (χ3n) is 15.5. The summed E-state index contributed by atoms with van der Waals surface area (Å²) in [5, 5.41) is 28.6. The van der Waals surface area contributed by atoms with E-state index in [4.69, 9.17) is 33.9 Å². The number of likely N-dealkylation sites (tertiary alicyclic amines) is 2. The van der Waals surface area contributed by atoms with E-state index in [2.05, 4.69) is 37.9 Å². The van der Waals surface area contributed by atoms with Gasteiger partial charge in [-0.1, -0.05) is 36.4 Å². The van der Waals surface area contributed by atoms with Gasteiger partial charge in [0, 0.05) is 100 Å². The summed E-state index contributed by atoms with van der Waals surface area (Å²) in [6, 6.07) is 26.7. The smallest absolute Gasteiger partial charge is 0.410 e. The van der Waals surface area contributed by atoms with Crippen molar-refractivity contribution in [3.05, 3.63) is 139 Å². The number of amides is 3. The normalized spacial score (nSPS) is 15.8. The lowest BCUT2D eigenvalue weighted by atomic mass is 10.0. The molecule has 2 saturated heterocycles. The van der Waals surface area contributed by atoms with Crippen molar-refractivity contribution in [1.82, 2.24) is 39.8 Å². The van der Waals surface area contributed by atoms with Crippen LogP contribution in [0.4, 0.5) is 4.79 Å². The molecule has 0 radical (unpaired) electrons. The Hall–Kier alpha value is -7.49. The number of aryl methyl sites for hydroxylation is 2. The average Bonchev–Trinajstić information content (AvgIpc) is 3.47. The molecule has 83 heavy (non-hydrogen) atoms. The predicted octanol–water partition coefficient (Wildman–Crippen LogP) is 5.76. The highest BCUT2D eigenvalue weighted by molar-refractivity contribution is 6.07. The Balaban J connectivity index is 0.000000202. The molecule has 6 heterocycles. The van der Waals surface area contributed by atoms with Gasteiger partial charge in [-0.05, 0) is 132 Å². The first-order valence-corrected chi connectivity index (χ1v) is 29.1. The number of piperidine rings is 2. The quantitative estimate of drug-likeness (QED) is 0.0690. The van der Waals surface area contributed by atoms with Crippen molar-refractivity contribution in [3.63, 3.8) is 0 Å². The number of nitrogens with one attached hydrogen (secondary N) is 3. The summed E-state index contributed by atoms with van der Waals surface area (Å²) in [6.45, 7) is 18.8. The monoisotopic (exact) mass is 1140 g/mol. The molecular formula is C63H80N8O12. The number of nitrogens with zero attached hydrogens (tertiary/aromatic N) is 5. The Kier molecular flexibility index (Phi) is 20.1. The maximum Gasteiger partial charge on any atom is 0.410 e. The van der Waals surface area contributed by atoms with Gasteiger partial charge in [0.15, 0.2) is 23.0 Å². The van der Waals surface area contributed by atoms with Crippen LogP contribution < -0.4 is 46.0 Å². The minimum atomic E-state index is -0.619. The number of aliphatic hydroxyl groups is 2. The Morgan fingerprint density at radius 2 is 1.05 bits per heavy atom. The summed E-state index contributed by atoms with van der Waals surface area (Å²) >= 11 is 0. The van der Waals surface area contributed by atoms with E-state index in [1.807, 2.05) is 100 Å². The summed E-state index contributed by atoms with van der Waals surface area (Å²) in [7, 11) is 0. The number of hydrogen-bond acceptors (Lipinski definition) is 15. The van der Waals surface area contributed by atoms with Crippen LogP contribution in [0, 0.1) is 13.8 Å². The van der Waals surface area contributed by atoms with Gasteiger partial charge < -0.3 is 73.7 Å². The Morgan fingerprint density at radius 3 is 1.53 bits per heavy atom. The fourth-order valence-electron chi connectivity index (χ4n) is 11.2. The molecular weight excluding hydrogens is 1060 g/mol. The van der Waals surface area contributed by atoms with Crippen LogP contribution in [0.1, 0.15) is 89.4 Å². The number of carbonyl (C=O) groups is 3. The Morgan fingerprint density at radius 1 is 0.590 bits per heavy atom. The Labute approximate surface area is 484 Å². The summed E-state index contributed by atoms with van der Waals surface area (Å²) < 4.78 is 32.1. The molecule has 6 aromatic rings. The molecule has 3 amide bonds. The number of pyridine rings is 2. The lowest BCUT2D eigenvalue weighted by Gasteiger charge is -2.39. The molecule has 2 aromatic heterocycles. The van der Waals surface area contributed by atoms with E-state index >= 15 is 0 Å². The van der Waals surface area contributed by atoms with Gasteiger partial charge in [0.25, 0.3) is 22.9 Å². The molecule has 0 spiro atoms. The van der Waals surface area contributed by atoms with Gasteiger partial charge in [0.2, 0.25) is 0 Å². The number of benzene rings is 4. The van der Waals surface area contributed by atoms with Crippen LogP contribution >= 0.6 is 0 Å². The molecule has 0 aliphatic carbocycles. The molecule has 20 nitrogen and oxygen atoms in total. The van der Waals surface area contributed by atoms with E-state index in [1.54, 1.807) is 9.13 Å². The zero-order valence-corrected chi connectivity index (χ0v) is 48.5. The molecule has 10 rings (SSSR count). The van der Waals surface area contributed by atoms with Crippen LogP contribution in [0.3, 0.4) is 0 Å². The minimum Gasteiger partial charge on any atom is -0.486 e. The second-order valence-electron chi connectivity index (χ2n) is 22.7. The molecule has 0 unspecified atom stereocenters. The number of hydrogen-bond donors (Lipinski definition) is 5. The summed E-state index contributed by atoms with van der Waals surface area (Å²) in [5.41, 5.74) is 5.24. The van der Waals surface area contributed by atoms with Gasteiger partial charge in [-0.2, -0.15) is 0 Å². The number of aliphatic hydroxyl groups excluding tert-OH is 2. The maximum atomic E-state index is 13.4. The van der Waals surface area contributed by atoms with Crippen molar-refractivity contribution in [3.8, 4) is 23.0 Å². The van der Waals surface area contributed by atoms with Crippen molar-refractivity contribution < 1.29 is 48.3 Å². The van der Waals surface area contributed by atoms with Crippen molar-refractivity contribution in [2.24, 2.45) is 0 Å². The van der Waals surface area contributed by atoms with E-state index in [-0.39, 0.29) is 61.4 Å². The van der Waals surface area contributed by atoms with E-state index in [0.717, 1.165) is 104 Å². The van der Waals surface area contributed by atoms with Gasteiger partial charge in [-0.15, -0.1) is 0 Å². The van der Waals surface area contributed by atoms with Crippen LogP contribution in [0.2, 0.25) is 0 Å². The number of carbonyl (C=O) groups excluding carboxylic acids is 3. The Bertz CT molecular complexity index is 3380. The summed E-state index contributed by atoms with van der Waals surface area (Å²) in [4.78, 5) is 71.6. The van der Waals surface area contributed by atoms with Crippen molar-refractivity contribution in [1.29, 1.82) is 0 Å². The minimum absolute atomic E-state index is 0.00720. The van der Waals surface area contributed by atoms with Crippen LogP contribution in [0.5, 0.6) is 23.0 Å². The first kappa shape index (κ1) is 60.1. The average molecular weight is 1140 g/mol. The fourth-order valence-corrected chi connectivity index (χ4v) is 11.2. The van der Waals surface area contributed by atoms with Gasteiger partial charge in [-0.25, -0.2) is 4.79 Å². The molecule has 0 bridgehead atoms. The zero-order valence-electron chi connectivity index (χ0n) is 48.5. The molecule has 0 saturated carbocycles. The molecule has 0 atom stereocenters. The highest BCUT2D eigenvalue weighted by Crippen LogP contribution is 2.33. The van der Waals surface area contributed by atoms with Gasteiger partial charge in [-0.3, -0.25) is 19.2 Å².